The quantitative estimate of drug-likeness (QED) is 0.904. The number of pyridine rings is 1. The Morgan fingerprint density at radius 3 is 2.75 bits per heavy atom. The molecular formula is C11H8F3N3O3. The van der Waals surface area contributed by atoms with Crippen LogP contribution < -0.4 is 4.74 Å². The van der Waals surface area contributed by atoms with E-state index in [0.717, 1.165) is 6.07 Å². The van der Waals surface area contributed by atoms with E-state index in [9.17, 15) is 18.0 Å². The lowest BCUT2D eigenvalue weighted by Crippen LogP contribution is -2.18. The number of alkyl halides is 3. The van der Waals surface area contributed by atoms with Gasteiger partial charge in [-0.1, -0.05) is 0 Å². The Hall–Kier alpha value is -2.58. The maximum absolute atomic E-state index is 12.3. The Balaban J connectivity index is 2.56. The highest BCUT2D eigenvalue weighted by molar-refractivity contribution is 5.93. The number of ether oxygens (including phenoxy) is 1. The molecule has 0 saturated heterocycles. The summed E-state index contributed by atoms with van der Waals surface area (Å²) in [4.78, 5) is 21.0. The van der Waals surface area contributed by atoms with Crippen molar-refractivity contribution in [2.24, 2.45) is 0 Å². The number of nitrogens with one attached hydrogen (secondary N) is 1. The van der Waals surface area contributed by atoms with E-state index in [4.69, 9.17) is 5.11 Å². The molecule has 2 heterocycles. The molecule has 2 aromatic heterocycles. The molecule has 0 unspecified atom stereocenters. The normalized spacial score (nSPS) is 11.4. The number of rotatable bonds is 3. The van der Waals surface area contributed by atoms with Crippen LogP contribution in [0.5, 0.6) is 5.75 Å². The number of aromatic nitrogens is 3. The van der Waals surface area contributed by atoms with Gasteiger partial charge in [-0.05, 0) is 19.1 Å². The summed E-state index contributed by atoms with van der Waals surface area (Å²) in [7, 11) is 0. The van der Waals surface area contributed by atoms with Crippen molar-refractivity contribution >= 4 is 5.97 Å². The van der Waals surface area contributed by atoms with Crippen molar-refractivity contribution in [3.05, 3.63) is 29.8 Å². The molecule has 2 aromatic rings. The van der Waals surface area contributed by atoms with Crippen molar-refractivity contribution in [1.82, 2.24) is 15.0 Å². The second-order valence-corrected chi connectivity index (χ2v) is 3.75. The summed E-state index contributed by atoms with van der Waals surface area (Å²) < 4.78 is 40.8. The average molecular weight is 287 g/mol. The predicted octanol–water partition coefficient (Wildman–Crippen LogP) is 2.38. The minimum atomic E-state index is -4.91. The molecule has 0 aliphatic heterocycles. The molecular weight excluding hydrogens is 279 g/mol. The Bertz CT molecular complexity index is 652. The summed E-state index contributed by atoms with van der Waals surface area (Å²) >= 11 is 0. The standard InChI is InChI=1S/C11H8F3N3O3/c1-5-16-8(9(17-5)10(18)19)7-6(3-2-4-15-7)20-11(12,13)14/h2-4H,1H3,(H,16,17)(H,18,19). The number of carboxylic acids is 1. The van der Waals surface area contributed by atoms with Crippen molar-refractivity contribution in [3.63, 3.8) is 0 Å². The topological polar surface area (TPSA) is 88.1 Å². The van der Waals surface area contributed by atoms with Gasteiger partial charge in [-0.25, -0.2) is 9.78 Å². The SMILES string of the molecule is Cc1nc(C(=O)O)c(-c2ncccc2OC(F)(F)F)[nH]1. The predicted molar refractivity (Wildman–Crippen MR) is 60.2 cm³/mol. The van der Waals surface area contributed by atoms with Gasteiger partial charge in [0.2, 0.25) is 0 Å². The van der Waals surface area contributed by atoms with Gasteiger partial charge in [0, 0.05) is 6.20 Å². The zero-order valence-corrected chi connectivity index (χ0v) is 10.0. The first-order valence-electron chi connectivity index (χ1n) is 5.29. The molecule has 2 N–H and O–H groups in total. The van der Waals surface area contributed by atoms with Gasteiger partial charge in [0.1, 0.15) is 17.2 Å². The largest absolute Gasteiger partial charge is 0.573 e. The number of imidazole rings is 1. The number of H-pyrrole nitrogens is 1. The molecule has 9 heteroatoms. The second kappa shape index (κ2) is 4.83. The van der Waals surface area contributed by atoms with Gasteiger partial charge < -0.3 is 14.8 Å². The van der Waals surface area contributed by atoms with Crippen LogP contribution in [0.4, 0.5) is 13.2 Å². The lowest BCUT2D eigenvalue weighted by atomic mass is 10.2. The van der Waals surface area contributed by atoms with Gasteiger partial charge in [-0.3, -0.25) is 4.98 Å². The number of aromatic amines is 1. The molecule has 0 atom stereocenters. The zero-order valence-electron chi connectivity index (χ0n) is 10.0. The number of carboxylic acid groups (broad SMARTS) is 1. The van der Waals surface area contributed by atoms with Crippen LogP contribution >= 0.6 is 0 Å². The van der Waals surface area contributed by atoms with E-state index in [1.54, 1.807) is 0 Å². The Kier molecular flexibility index (Phi) is 3.35. The molecule has 0 fully saturated rings. The molecule has 0 spiro atoms. The summed E-state index contributed by atoms with van der Waals surface area (Å²) in [5, 5.41) is 8.99. The highest BCUT2D eigenvalue weighted by Gasteiger charge is 2.33. The van der Waals surface area contributed by atoms with Crippen molar-refractivity contribution in [2.45, 2.75) is 13.3 Å². The monoisotopic (exact) mass is 287 g/mol. The molecule has 106 valence electrons. The van der Waals surface area contributed by atoms with Gasteiger partial charge in [-0.2, -0.15) is 0 Å². The molecule has 0 bridgehead atoms. The van der Waals surface area contributed by atoms with E-state index in [0.29, 0.717) is 0 Å². The highest BCUT2D eigenvalue weighted by Crippen LogP contribution is 2.32. The smallest absolute Gasteiger partial charge is 0.476 e. The summed E-state index contributed by atoms with van der Waals surface area (Å²) in [6.45, 7) is 1.48. The van der Waals surface area contributed by atoms with Gasteiger partial charge in [-0.15, -0.1) is 13.2 Å². The van der Waals surface area contributed by atoms with Crippen LogP contribution in [0.15, 0.2) is 18.3 Å². The fourth-order valence-corrected chi connectivity index (χ4v) is 1.60. The zero-order chi connectivity index (χ0) is 14.9. The van der Waals surface area contributed by atoms with Gasteiger partial charge in [0.05, 0.1) is 0 Å². The van der Waals surface area contributed by atoms with Crippen LogP contribution in [-0.2, 0) is 0 Å². The Labute approximate surface area is 110 Å². The molecule has 0 aliphatic rings. The second-order valence-electron chi connectivity index (χ2n) is 3.75. The van der Waals surface area contributed by atoms with Crippen LogP contribution in [0, 0.1) is 6.92 Å². The van der Waals surface area contributed by atoms with Crippen molar-refractivity contribution < 1.29 is 27.8 Å². The number of nitrogens with zero attached hydrogens (tertiary/aromatic N) is 2. The number of hydrogen-bond donors (Lipinski definition) is 2. The van der Waals surface area contributed by atoms with Crippen LogP contribution in [0.2, 0.25) is 0 Å². The van der Waals surface area contributed by atoms with E-state index in [1.165, 1.54) is 19.2 Å². The first kappa shape index (κ1) is 13.8. The number of hydrogen-bond acceptors (Lipinski definition) is 4. The van der Waals surface area contributed by atoms with Crippen molar-refractivity contribution in [2.75, 3.05) is 0 Å². The lowest BCUT2D eigenvalue weighted by Gasteiger charge is -2.11. The molecule has 0 radical (unpaired) electrons. The maximum Gasteiger partial charge on any atom is 0.573 e. The molecule has 0 saturated carbocycles. The number of carbonyl (C=O) groups is 1. The summed E-state index contributed by atoms with van der Waals surface area (Å²) in [5.74, 6) is -1.75. The minimum Gasteiger partial charge on any atom is -0.476 e. The number of halogens is 3. The average Bonchev–Trinajstić information content (AvgIpc) is 2.70. The molecule has 6 nitrogen and oxygen atoms in total. The first-order chi connectivity index (χ1) is 9.28. The summed E-state index contributed by atoms with van der Waals surface area (Å²) in [6, 6.07) is 2.28. The Morgan fingerprint density at radius 2 is 2.15 bits per heavy atom. The summed E-state index contributed by atoms with van der Waals surface area (Å²) in [5.41, 5.74) is -0.842. The fraction of sp³-hybridized carbons (Fsp3) is 0.182. The first-order valence-corrected chi connectivity index (χ1v) is 5.29. The van der Waals surface area contributed by atoms with Crippen molar-refractivity contribution in [3.8, 4) is 17.1 Å². The van der Waals surface area contributed by atoms with E-state index in [-0.39, 0.29) is 17.2 Å². The van der Waals surface area contributed by atoms with E-state index >= 15 is 0 Å². The van der Waals surface area contributed by atoms with E-state index in [2.05, 4.69) is 19.7 Å². The third-order valence-corrected chi connectivity index (χ3v) is 2.26. The minimum absolute atomic E-state index is 0.144. The van der Waals surface area contributed by atoms with Crippen LogP contribution in [0.1, 0.15) is 16.3 Å². The third kappa shape index (κ3) is 2.87. The molecule has 2 rings (SSSR count). The Morgan fingerprint density at radius 1 is 1.45 bits per heavy atom. The maximum atomic E-state index is 12.3. The third-order valence-electron chi connectivity index (χ3n) is 2.26. The van der Waals surface area contributed by atoms with Crippen LogP contribution in [0.3, 0.4) is 0 Å². The number of aryl methyl sites for hydroxylation is 1. The molecule has 0 aliphatic carbocycles. The fourth-order valence-electron chi connectivity index (χ4n) is 1.60. The molecule has 20 heavy (non-hydrogen) atoms. The number of aromatic carboxylic acids is 1. The van der Waals surface area contributed by atoms with Gasteiger partial charge in [0.15, 0.2) is 11.4 Å². The van der Waals surface area contributed by atoms with Crippen LogP contribution in [0.25, 0.3) is 11.4 Å². The van der Waals surface area contributed by atoms with Crippen LogP contribution in [-0.4, -0.2) is 32.4 Å². The molecule has 0 aromatic carbocycles. The van der Waals surface area contributed by atoms with E-state index < -0.39 is 23.8 Å². The highest BCUT2D eigenvalue weighted by atomic mass is 19.4. The summed E-state index contributed by atoms with van der Waals surface area (Å²) in [6.07, 6.45) is -3.68. The van der Waals surface area contributed by atoms with Gasteiger partial charge in [0.25, 0.3) is 0 Å². The van der Waals surface area contributed by atoms with E-state index in [1.807, 2.05) is 0 Å². The van der Waals surface area contributed by atoms with Gasteiger partial charge >= 0.3 is 12.3 Å². The van der Waals surface area contributed by atoms with Crippen molar-refractivity contribution in [1.29, 1.82) is 0 Å². The lowest BCUT2D eigenvalue weighted by molar-refractivity contribution is -0.274. The molecule has 0 amide bonds.